The molecule has 17 heavy (non-hydrogen) atoms. The van der Waals surface area contributed by atoms with Gasteiger partial charge in [0.05, 0.1) is 0 Å². The number of ether oxygens (including phenoxy) is 2. The molecule has 2 aliphatic heterocycles. The van der Waals surface area contributed by atoms with Gasteiger partial charge >= 0.3 is 0 Å². The molecule has 0 spiro atoms. The Morgan fingerprint density at radius 1 is 1.29 bits per heavy atom. The lowest BCUT2D eigenvalue weighted by Crippen LogP contribution is -2.40. The Balaban J connectivity index is 1.61. The smallest absolute Gasteiger partial charge is 0.161 e. The third kappa shape index (κ3) is 2.37. The number of nitrogens with two attached hydrogens (primary N) is 1. The fourth-order valence-corrected chi connectivity index (χ4v) is 2.47. The molecule has 1 fully saturated rings. The molecule has 2 atom stereocenters. The summed E-state index contributed by atoms with van der Waals surface area (Å²) in [4.78, 5) is 2.35. The van der Waals surface area contributed by atoms with E-state index in [-0.39, 0.29) is 6.10 Å². The summed E-state index contributed by atoms with van der Waals surface area (Å²) in [5.74, 6) is 1.70. The quantitative estimate of drug-likeness (QED) is 0.824. The average molecular weight is 234 g/mol. The Kier molecular flexibility index (Phi) is 2.91. The Morgan fingerprint density at radius 3 is 2.88 bits per heavy atom. The lowest BCUT2D eigenvalue weighted by molar-refractivity contribution is 0.0647. The van der Waals surface area contributed by atoms with E-state index in [1.807, 2.05) is 24.3 Å². The first kappa shape index (κ1) is 10.9. The van der Waals surface area contributed by atoms with E-state index in [4.69, 9.17) is 15.2 Å². The molecule has 1 unspecified atom stereocenters. The van der Waals surface area contributed by atoms with Crippen LogP contribution in [0.15, 0.2) is 24.3 Å². The lowest BCUT2D eigenvalue weighted by atomic mass is 10.2. The first-order valence-electron chi connectivity index (χ1n) is 6.17. The van der Waals surface area contributed by atoms with Gasteiger partial charge in [-0.1, -0.05) is 12.1 Å². The minimum absolute atomic E-state index is 0.121. The molecule has 2 N–H and O–H groups in total. The third-order valence-corrected chi connectivity index (χ3v) is 3.34. The Bertz CT molecular complexity index is 397. The van der Waals surface area contributed by atoms with Crippen molar-refractivity contribution in [3.05, 3.63) is 24.3 Å². The van der Waals surface area contributed by atoms with Gasteiger partial charge in [0.25, 0.3) is 0 Å². The summed E-state index contributed by atoms with van der Waals surface area (Å²) in [6.45, 7) is 3.58. The molecule has 0 amide bonds. The van der Waals surface area contributed by atoms with E-state index >= 15 is 0 Å². The molecule has 92 valence electrons. The first-order chi connectivity index (χ1) is 8.31. The zero-order valence-corrected chi connectivity index (χ0v) is 9.84. The maximum absolute atomic E-state index is 5.92. The number of hydrogen-bond donors (Lipinski definition) is 1. The molecule has 4 heteroatoms. The van der Waals surface area contributed by atoms with Crippen LogP contribution in [0.25, 0.3) is 0 Å². The van der Waals surface area contributed by atoms with E-state index in [0.29, 0.717) is 12.6 Å². The van der Waals surface area contributed by atoms with Crippen LogP contribution in [0.4, 0.5) is 0 Å². The summed E-state index contributed by atoms with van der Waals surface area (Å²) in [5, 5.41) is 0. The average Bonchev–Trinajstić information content (AvgIpc) is 2.75. The summed E-state index contributed by atoms with van der Waals surface area (Å²) >= 11 is 0. The summed E-state index contributed by atoms with van der Waals surface area (Å²) in [7, 11) is 0. The molecule has 2 heterocycles. The molecule has 0 aliphatic carbocycles. The largest absolute Gasteiger partial charge is 0.486 e. The molecular weight excluding hydrogens is 216 g/mol. The normalized spacial score (nSPS) is 28.3. The van der Waals surface area contributed by atoms with Gasteiger partial charge in [-0.2, -0.15) is 0 Å². The molecule has 1 saturated heterocycles. The molecule has 3 rings (SSSR count). The van der Waals surface area contributed by atoms with Gasteiger partial charge in [0, 0.05) is 19.1 Å². The van der Waals surface area contributed by atoms with E-state index in [1.54, 1.807) is 0 Å². The zero-order chi connectivity index (χ0) is 11.7. The van der Waals surface area contributed by atoms with Crippen molar-refractivity contribution in [1.82, 2.24) is 4.90 Å². The predicted octanol–water partition coefficient (Wildman–Crippen LogP) is 0.859. The summed E-state index contributed by atoms with van der Waals surface area (Å²) in [6, 6.07) is 8.15. The van der Waals surface area contributed by atoms with Crippen molar-refractivity contribution in [3.63, 3.8) is 0 Å². The molecule has 0 bridgehead atoms. The highest BCUT2D eigenvalue weighted by Crippen LogP contribution is 2.31. The van der Waals surface area contributed by atoms with Crippen LogP contribution in [0, 0.1) is 0 Å². The Hall–Kier alpha value is -1.26. The van der Waals surface area contributed by atoms with Crippen LogP contribution in [-0.2, 0) is 0 Å². The van der Waals surface area contributed by atoms with Gasteiger partial charge in [-0.3, -0.25) is 4.90 Å². The minimum Gasteiger partial charge on any atom is -0.486 e. The standard InChI is InChI=1S/C13H18N2O2/c14-10-5-6-15(7-10)8-11-9-16-12-3-1-2-4-13(12)17-11/h1-4,10-11H,5-9,14H2/t10-,11?/m0/s1. The summed E-state index contributed by atoms with van der Waals surface area (Å²) in [5.41, 5.74) is 5.89. The first-order valence-corrected chi connectivity index (χ1v) is 6.17. The molecule has 4 nitrogen and oxygen atoms in total. The maximum atomic E-state index is 5.92. The van der Waals surface area contributed by atoms with Crippen molar-refractivity contribution >= 4 is 0 Å². The molecule has 0 saturated carbocycles. The molecule has 0 radical (unpaired) electrons. The fraction of sp³-hybridized carbons (Fsp3) is 0.538. The van der Waals surface area contributed by atoms with Crippen LogP contribution in [0.1, 0.15) is 6.42 Å². The third-order valence-electron chi connectivity index (χ3n) is 3.34. The van der Waals surface area contributed by atoms with Crippen molar-refractivity contribution in [2.75, 3.05) is 26.2 Å². The molecule has 2 aliphatic rings. The van der Waals surface area contributed by atoms with Gasteiger partial charge in [0.15, 0.2) is 11.5 Å². The van der Waals surface area contributed by atoms with Crippen molar-refractivity contribution in [3.8, 4) is 11.5 Å². The Labute approximate surface area is 101 Å². The van der Waals surface area contributed by atoms with E-state index in [0.717, 1.165) is 37.6 Å². The highest BCUT2D eigenvalue weighted by molar-refractivity contribution is 5.40. The van der Waals surface area contributed by atoms with Gasteiger partial charge in [-0.15, -0.1) is 0 Å². The van der Waals surface area contributed by atoms with Gasteiger partial charge in [-0.05, 0) is 25.1 Å². The Morgan fingerprint density at radius 2 is 2.12 bits per heavy atom. The van der Waals surface area contributed by atoms with Crippen LogP contribution in [0.2, 0.25) is 0 Å². The zero-order valence-electron chi connectivity index (χ0n) is 9.84. The van der Waals surface area contributed by atoms with E-state index in [1.165, 1.54) is 0 Å². The van der Waals surface area contributed by atoms with Crippen LogP contribution in [0.5, 0.6) is 11.5 Å². The summed E-state index contributed by atoms with van der Waals surface area (Å²) < 4.78 is 11.6. The maximum Gasteiger partial charge on any atom is 0.161 e. The summed E-state index contributed by atoms with van der Waals surface area (Å²) in [6.07, 6.45) is 1.21. The number of hydrogen-bond acceptors (Lipinski definition) is 4. The van der Waals surface area contributed by atoms with Gasteiger partial charge < -0.3 is 15.2 Å². The molecular formula is C13H18N2O2. The van der Waals surface area contributed by atoms with Crippen molar-refractivity contribution in [2.45, 2.75) is 18.6 Å². The number of likely N-dealkylation sites (tertiary alicyclic amines) is 1. The molecule has 0 aromatic heterocycles. The van der Waals surface area contributed by atoms with Crippen LogP contribution >= 0.6 is 0 Å². The molecule has 1 aromatic rings. The van der Waals surface area contributed by atoms with E-state index in [2.05, 4.69) is 4.90 Å². The number of rotatable bonds is 2. The second kappa shape index (κ2) is 4.55. The van der Waals surface area contributed by atoms with Gasteiger partial charge in [0.1, 0.15) is 12.7 Å². The number of benzene rings is 1. The van der Waals surface area contributed by atoms with E-state index in [9.17, 15) is 0 Å². The van der Waals surface area contributed by atoms with Crippen molar-refractivity contribution in [2.24, 2.45) is 5.73 Å². The van der Waals surface area contributed by atoms with Crippen LogP contribution in [-0.4, -0.2) is 43.3 Å². The van der Waals surface area contributed by atoms with Crippen LogP contribution < -0.4 is 15.2 Å². The lowest BCUT2D eigenvalue weighted by Gasteiger charge is -2.29. The highest BCUT2D eigenvalue weighted by Gasteiger charge is 2.26. The minimum atomic E-state index is 0.121. The number of nitrogens with zero attached hydrogens (tertiary/aromatic N) is 1. The van der Waals surface area contributed by atoms with Gasteiger partial charge in [0.2, 0.25) is 0 Å². The van der Waals surface area contributed by atoms with Crippen molar-refractivity contribution < 1.29 is 9.47 Å². The topological polar surface area (TPSA) is 47.7 Å². The SMILES string of the molecule is N[C@H]1CCN(CC2COc3ccccc3O2)C1. The van der Waals surface area contributed by atoms with Gasteiger partial charge in [-0.25, -0.2) is 0 Å². The number of fused-ring (bicyclic) bond motifs is 1. The fourth-order valence-electron chi connectivity index (χ4n) is 2.47. The predicted molar refractivity (Wildman–Crippen MR) is 65.4 cm³/mol. The van der Waals surface area contributed by atoms with Crippen molar-refractivity contribution in [1.29, 1.82) is 0 Å². The van der Waals surface area contributed by atoms with E-state index < -0.39 is 0 Å². The van der Waals surface area contributed by atoms with Crippen LogP contribution in [0.3, 0.4) is 0 Å². The highest BCUT2D eigenvalue weighted by atomic mass is 16.6. The molecule has 1 aromatic carbocycles. The monoisotopic (exact) mass is 234 g/mol. The second-order valence-electron chi connectivity index (χ2n) is 4.81. The second-order valence-corrected chi connectivity index (χ2v) is 4.81. The number of para-hydroxylation sites is 2.